The summed E-state index contributed by atoms with van der Waals surface area (Å²) in [5.41, 5.74) is 2.55. The highest BCUT2D eigenvalue weighted by Crippen LogP contribution is 2.44. The van der Waals surface area contributed by atoms with Gasteiger partial charge in [0.2, 0.25) is 5.91 Å². The van der Waals surface area contributed by atoms with Crippen molar-refractivity contribution in [3.8, 4) is 5.69 Å². The molecule has 1 aliphatic heterocycles. The SMILES string of the molecule is CC1(C)Cc2c(sc3nc(SCC(=O)Nc4ccc(Br)cc4)n(-c4ccccc4)c(=O)c23)CS1. The first-order chi connectivity index (χ1) is 16.3. The Morgan fingerprint density at radius 1 is 1.18 bits per heavy atom. The van der Waals surface area contributed by atoms with Crippen molar-refractivity contribution in [1.29, 1.82) is 0 Å². The number of nitrogens with zero attached hydrogens (tertiary/aromatic N) is 2. The van der Waals surface area contributed by atoms with E-state index >= 15 is 0 Å². The number of carbonyl (C=O) groups excluding carboxylic acids is 1. The van der Waals surface area contributed by atoms with Gasteiger partial charge in [0.25, 0.3) is 5.56 Å². The van der Waals surface area contributed by atoms with Crippen LogP contribution in [0.3, 0.4) is 0 Å². The van der Waals surface area contributed by atoms with Crippen LogP contribution in [-0.4, -0.2) is 26.0 Å². The van der Waals surface area contributed by atoms with E-state index in [9.17, 15) is 9.59 Å². The lowest BCUT2D eigenvalue weighted by Gasteiger charge is -2.28. The number of anilines is 1. The molecule has 1 N–H and O–H groups in total. The van der Waals surface area contributed by atoms with Crippen LogP contribution in [0.15, 0.2) is 69.0 Å². The number of hydrogen-bond acceptors (Lipinski definition) is 6. The molecule has 174 valence electrons. The molecular weight excluding hydrogens is 550 g/mol. The summed E-state index contributed by atoms with van der Waals surface area (Å²) in [5, 5.41) is 4.15. The van der Waals surface area contributed by atoms with Gasteiger partial charge >= 0.3 is 0 Å². The number of benzene rings is 2. The van der Waals surface area contributed by atoms with E-state index < -0.39 is 0 Å². The van der Waals surface area contributed by atoms with Crippen molar-refractivity contribution in [3.63, 3.8) is 0 Å². The monoisotopic (exact) mass is 571 g/mol. The summed E-state index contributed by atoms with van der Waals surface area (Å²) < 4.78 is 2.69. The predicted molar refractivity (Wildman–Crippen MR) is 148 cm³/mol. The summed E-state index contributed by atoms with van der Waals surface area (Å²) in [7, 11) is 0. The average molecular weight is 573 g/mol. The Bertz CT molecular complexity index is 1430. The van der Waals surface area contributed by atoms with Crippen molar-refractivity contribution in [2.45, 2.75) is 35.9 Å². The minimum atomic E-state index is -0.148. The van der Waals surface area contributed by atoms with Crippen LogP contribution in [0.5, 0.6) is 0 Å². The smallest absolute Gasteiger partial charge is 0.267 e. The fraction of sp³-hybridized carbons (Fsp3) is 0.240. The number of fused-ring (bicyclic) bond motifs is 3. The molecule has 0 atom stereocenters. The molecule has 2 aromatic heterocycles. The lowest BCUT2D eigenvalue weighted by Crippen LogP contribution is -2.26. The summed E-state index contributed by atoms with van der Waals surface area (Å²) in [5.74, 6) is 0.894. The van der Waals surface area contributed by atoms with E-state index in [0.717, 1.165) is 43.8 Å². The topological polar surface area (TPSA) is 64.0 Å². The molecule has 4 aromatic rings. The van der Waals surface area contributed by atoms with E-state index in [4.69, 9.17) is 4.98 Å². The highest BCUT2D eigenvalue weighted by atomic mass is 79.9. The van der Waals surface area contributed by atoms with Crippen LogP contribution in [0, 0.1) is 0 Å². The Morgan fingerprint density at radius 3 is 2.65 bits per heavy atom. The van der Waals surface area contributed by atoms with Gasteiger partial charge in [-0.15, -0.1) is 23.1 Å². The van der Waals surface area contributed by atoms with Crippen LogP contribution in [0.4, 0.5) is 5.69 Å². The molecule has 5 nitrogen and oxygen atoms in total. The molecule has 0 aliphatic carbocycles. The van der Waals surface area contributed by atoms with E-state index in [2.05, 4.69) is 35.1 Å². The zero-order valence-electron chi connectivity index (χ0n) is 18.6. The molecule has 0 spiro atoms. The third-order valence-electron chi connectivity index (χ3n) is 5.55. The maximum Gasteiger partial charge on any atom is 0.267 e. The molecule has 34 heavy (non-hydrogen) atoms. The second-order valence-corrected chi connectivity index (χ2v) is 13.2. The van der Waals surface area contributed by atoms with Gasteiger partial charge in [0.15, 0.2) is 5.16 Å². The number of amides is 1. The van der Waals surface area contributed by atoms with Crippen molar-refractivity contribution in [2.75, 3.05) is 11.1 Å². The van der Waals surface area contributed by atoms with Crippen molar-refractivity contribution in [2.24, 2.45) is 0 Å². The quantitative estimate of drug-likeness (QED) is 0.218. The second-order valence-electron chi connectivity index (χ2n) is 8.62. The van der Waals surface area contributed by atoms with Gasteiger partial charge < -0.3 is 5.32 Å². The molecule has 3 heterocycles. The van der Waals surface area contributed by atoms with Crippen molar-refractivity contribution in [1.82, 2.24) is 9.55 Å². The molecule has 0 fully saturated rings. The van der Waals surface area contributed by atoms with Crippen molar-refractivity contribution in [3.05, 3.63) is 79.9 Å². The van der Waals surface area contributed by atoms with Gasteiger partial charge in [-0.2, -0.15) is 0 Å². The molecule has 0 bridgehead atoms. The average Bonchev–Trinajstić information content (AvgIpc) is 3.16. The molecule has 0 saturated carbocycles. The first-order valence-corrected chi connectivity index (χ1v) is 14.3. The highest BCUT2D eigenvalue weighted by molar-refractivity contribution is 9.10. The van der Waals surface area contributed by atoms with E-state index in [1.165, 1.54) is 16.6 Å². The van der Waals surface area contributed by atoms with Gasteiger partial charge in [-0.3, -0.25) is 14.2 Å². The maximum atomic E-state index is 13.9. The minimum absolute atomic E-state index is 0.0628. The van der Waals surface area contributed by atoms with Crippen molar-refractivity contribution >= 4 is 72.6 Å². The number of para-hydroxylation sites is 1. The number of nitrogens with one attached hydrogen (secondary N) is 1. The van der Waals surface area contributed by atoms with Gasteiger partial charge in [0, 0.05) is 25.5 Å². The Labute approximate surface area is 218 Å². The lowest BCUT2D eigenvalue weighted by molar-refractivity contribution is -0.113. The number of halogens is 1. The fourth-order valence-electron chi connectivity index (χ4n) is 3.94. The number of thioether (sulfide) groups is 2. The minimum Gasteiger partial charge on any atom is -0.325 e. The Morgan fingerprint density at radius 2 is 1.91 bits per heavy atom. The zero-order valence-corrected chi connectivity index (χ0v) is 22.7. The van der Waals surface area contributed by atoms with Crippen LogP contribution < -0.4 is 10.9 Å². The molecule has 5 rings (SSSR count). The first kappa shape index (κ1) is 23.7. The summed E-state index contributed by atoms with van der Waals surface area (Å²) in [6, 6.07) is 17.0. The normalized spacial score (nSPS) is 14.7. The van der Waals surface area contributed by atoms with Crippen LogP contribution in [0.1, 0.15) is 24.3 Å². The van der Waals surface area contributed by atoms with Gasteiger partial charge in [-0.25, -0.2) is 4.98 Å². The largest absolute Gasteiger partial charge is 0.325 e. The second kappa shape index (κ2) is 9.53. The molecule has 0 unspecified atom stereocenters. The lowest BCUT2D eigenvalue weighted by atomic mass is 10.00. The first-order valence-electron chi connectivity index (χ1n) is 10.8. The number of hydrogen-bond donors (Lipinski definition) is 1. The number of carbonyl (C=O) groups is 1. The van der Waals surface area contributed by atoms with Gasteiger partial charge in [-0.1, -0.05) is 59.7 Å². The van der Waals surface area contributed by atoms with E-state index in [1.54, 1.807) is 15.9 Å². The number of aromatic nitrogens is 2. The standard InChI is InChI=1S/C25H22BrN3O2S3/c1-25(2)12-18-19(13-33-25)34-22-21(18)23(31)29(17-6-4-3-5-7-17)24(28-22)32-14-20(30)27-16-10-8-15(26)9-11-16/h3-11H,12-14H2,1-2H3,(H,27,30). The fourth-order valence-corrected chi connectivity index (χ4v) is 7.39. The molecule has 9 heteroatoms. The van der Waals surface area contributed by atoms with Gasteiger partial charge in [0.05, 0.1) is 16.8 Å². The summed E-state index contributed by atoms with van der Waals surface area (Å²) >= 11 is 8.20. The van der Waals surface area contributed by atoms with Crippen LogP contribution in [-0.2, 0) is 17.0 Å². The molecule has 1 aliphatic rings. The maximum absolute atomic E-state index is 13.9. The molecule has 0 radical (unpaired) electrons. The Balaban J connectivity index is 1.52. The molecular formula is C25H22BrN3O2S3. The number of rotatable bonds is 5. The van der Waals surface area contributed by atoms with Crippen LogP contribution >= 0.6 is 50.8 Å². The predicted octanol–water partition coefficient (Wildman–Crippen LogP) is 6.51. The van der Waals surface area contributed by atoms with Gasteiger partial charge in [0.1, 0.15) is 4.83 Å². The summed E-state index contributed by atoms with van der Waals surface area (Å²) in [4.78, 5) is 33.4. The molecule has 0 saturated heterocycles. The van der Waals surface area contributed by atoms with Crippen LogP contribution in [0.2, 0.25) is 0 Å². The number of thiophene rings is 1. The summed E-state index contributed by atoms with van der Waals surface area (Å²) in [6.45, 7) is 4.45. The van der Waals surface area contributed by atoms with Crippen molar-refractivity contribution < 1.29 is 4.79 Å². The Hall–Kier alpha value is -2.07. The van der Waals surface area contributed by atoms with E-state index in [0.29, 0.717) is 5.16 Å². The third kappa shape index (κ3) is 4.84. The van der Waals surface area contributed by atoms with E-state index in [-0.39, 0.29) is 22.0 Å². The third-order valence-corrected chi connectivity index (χ3v) is 9.68. The molecule has 2 aromatic carbocycles. The Kier molecular flexibility index (Phi) is 6.63. The van der Waals surface area contributed by atoms with E-state index in [1.807, 2.05) is 66.4 Å². The molecule has 1 amide bonds. The van der Waals surface area contributed by atoms with Crippen LogP contribution in [0.25, 0.3) is 15.9 Å². The highest BCUT2D eigenvalue weighted by Gasteiger charge is 2.31. The van der Waals surface area contributed by atoms with Gasteiger partial charge in [-0.05, 0) is 48.4 Å². The summed E-state index contributed by atoms with van der Waals surface area (Å²) in [6.07, 6.45) is 0.848. The zero-order chi connectivity index (χ0) is 23.9.